The summed E-state index contributed by atoms with van der Waals surface area (Å²) in [7, 11) is 0. The summed E-state index contributed by atoms with van der Waals surface area (Å²) in [4.78, 5) is 45.0. The molecule has 0 radical (unpaired) electrons. The smallest absolute Gasteiger partial charge is 0.253 e. The molecular weight excluding hydrogens is 452 g/mol. The normalized spacial score (nSPS) is 19.6. The van der Waals surface area contributed by atoms with E-state index in [2.05, 4.69) is 10.2 Å². The molecular formula is C26H29ClN4O3. The molecule has 3 heterocycles. The van der Waals surface area contributed by atoms with Gasteiger partial charge in [-0.25, -0.2) is 0 Å². The van der Waals surface area contributed by atoms with Crippen LogP contribution in [-0.4, -0.2) is 54.8 Å². The number of nitrogens with one attached hydrogen (secondary N) is 1. The van der Waals surface area contributed by atoms with Crippen LogP contribution >= 0.6 is 11.6 Å². The van der Waals surface area contributed by atoms with Crippen molar-refractivity contribution in [1.29, 1.82) is 0 Å². The van der Waals surface area contributed by atoms with Crippen molar-refractivity contribution in [3.8, 4) is 0 Å². The Balaban J connectivity index is 1.41. The molecule has 2 saturated heterocycles. The molecule has 8 heteroatoms. The number of amides is 3. The lowest BCUT2D eigenvalue weighted by molar-refractivity contribution is -0.125. The van der Waals surface area contributed by atoms with Gasteiger partial charge in [0.05, 0.1) is 11.4 Å². The zero-order valence-electron chi connectivity index (χ0n) is 19.1. The number of halogens is 1. The van der Waals surface area contributed by atoms with E-state index < -0.39 is 0 Å². The molecule has 5 rings (SSSR count). The second-order valence-corrected chi connectivity index (χ2v) is 9.61. The van der Waals surface area contributed by atoms with Crippen molar-refractivity contribution in [3.05, 3.63) is 58.6 Å². The maximum absolute atomic E-state index is 13.5. The van der Waals surface area contributed by atoms with Gasteiger partial charge in [0.1, 0.15) is 12.6 Å². The Morgan fingerprint density at radius 3 is 2.53 bits per heavy atom. The van der Waals surface area contributed by atoms with Crippen molar-refractivity contribution >= 4 is 40.7 Å². The lowest BCUT2D eigenvalue weighted by Gasteiger charge is -2.45. The van der Waals surface area contributed by atoms with Gasteiger partial charge in [-0.2, -0.15) is 0 Å². The lowest BCUT2D eigenvalue weighted by Crippen LogP contribution is -2.57. The molecule has 0 spiro atoms. The topological polar surface area (TPSA) is 73.0 Å². The minimum atomic E-state index is -0.266. The van der Waals surface area contributed by atoms with Crippen LogP contribution in [0.4, 0.5) is 11.4 Å². The van der Waals surface area contributed by atoms with E-state index >= 15 is 0 Å². The maximum Gasteiger partial charge on any atom is 0.253 e. The van der Waals surface area contributed by atoms with E-state index in [0.717, 1.165) is 63.0 Å². The number of hydrogen-bond donors (Lipinski definition) is 1. The van der Waals surface area contributed by atoms with E-state index in [4.69, 9.17) is 11.6 Å². The van der Waals surface area contributed by atoms with Gasteiger partial charge in [0, 0.05) is 36.8 Å². The van der Waals surface area contributed by atoms with Crippen LogP contribution in [0.15, 0.2) is 42.5 Å². The molecule has 3 amide bonds. The van der Waals surface area contributed by atoms with E-state index in [0.29, 0.717) is 16.3 Å². The molecule has 7 nitrogen and oxygen atoms in total. The summed E-state index contributed by atoms with van der Waals surface area (Å²) < 4.78 is 0. The number of piperidine rings is 1. The standard InChI is InChI=1S/C26H29ClN4O3/c27-20-8-2-1-7-19(20)16-28-24(32)17-31-23-15-18(25(33)29-12-5-6-13-29)10-11-21(23)30-14-4-3-9-22(30)26(31)34/h1-2,7-8,10-11,15,22H,3-6,9,12-14,16-17H2,(H,28,32)/t22-/m0/s1. The molecule has 2 fully saturated rings. The number of anilines is 2. The van der Waals surface area contributed by atoms with Crippen molar-refractivity contribution in [3.63, 3.8) is 0 Å². The monoisotopic (exact) mass is 480 g/mol. The SMILES string of the molecule is O=C(CN1C(=O)[C@@H]2CCCCN2c2ccc(C(=O)N3CCCC3)cc21)NCc1ccccc1Cl. The molecule has 3 aliphatic rings. The van der Waals surface area contributed by atoms with Crippen LogP contribution in [0.3, 0.4) is 0 Å². The molecule has 3 aliphatic heterocycles. The summed E-state index contributed by atoms with van der Waals surface area (Å²) in [6.07, 6.45) is 4.81. The van der Waals surface area contributed by atoms with Crippen molar-refractivity contribution < 1.29 is 14.4 Å². The van der Waals surface area contributed by atoms with Crippen LogP contribution in [0.2, 0.25) is 5.02 Å². The molecule has 2 aromatic rings. The Hall–Kier alpha value is -3.06. The Morgan fingerprint density at radius 2 is 1.74 bits per heavy atom. The zero-order valence-corrected chi connectivity index (χ0v) is 19.9. The number of benzene rings is 2. The van der Waals surface area contributed by atoms with Gasteiger partial charge in [0.15, 0.2) is 0 Å². The van der Waals surface area contributed by atoms with Gasteiger partial charge in [-0.3, -0.25) is 19.3 Å². The van der Waals surface area contributed by atoms with Gasteiger partial charge < -0.3 is 15.1 Å². The Labute approximate surface area is 204 Å². The van der Waals surface area contributed by atoms with E-state index in [-0.39, 0.29) is 36.9 Å². The fraction of sp³-hybridized carbons (Fsp3) is 0.423. The Morgan fingerprint density at radius 1 is 0.971 bits per heavy atom. The fourth-order valence-electron chi connectivity index (χ4n) is 5.19. The van der Waals surface area contributed by atoms with Crippen molar-refractivity contribution in [2.24, 2.45) is 0 Å². The minimum Gasteiger partial charge on any atom is -0.358 e. The van der Waals surface area contributed by atoms with E-state index in [1.54, 1.807) is 17.0 Å². The highest BCUT2D eigenvalue weighted by Crippen LogP contribution is 2.40. The van der Waals surface area contributed by atoms with Gasteiger partial charge in [0.25, 0.3) is 5.91 Å². The lowest BCUT2D eigenvalue weighted by atomic mass is 9.95. The summed E-state index contributed by atoms with van der Waals surface area (Å²) in [5.74, 6) is -0.359. The van der Waals surface area contributed by atoms with Crippen LogP contribution in [0.5, 0.6) is 0 Å². The molecule has 1 atom stereocenters. The van der Waals surface area contributed by atoms with Crippen LogP contribution in [0.25, 0.3) is 0 Å². The van der Waals surface area contributed by atoms with E-state index in [1.165, 1.54) is 0 Å². The Bertz CT molecular complexity index is 1110. The number of carbonyl (C=O) groups excluding carboxylic acids is 3. The first kappa shape index (κ1) is 22.7. The van der Waals surface area contributed by atoms with Crippen LogP contribution in [0.1, 0.15) is 48.0 Å². The van der Waals surface area contributed by atoms with Crippen LogP contribution in [0, 0.1) is 0 Å². The second-order valence-electron chi connectivity index (χ2n) is 9.20. The molecule has 2 aromatic carbocycles. The third kappa shape index (κ3) is 4.37. The average molecular weight is 481 g/mol. The summed E-state index contributed by atoms with van der Waals surface area (Å²) in [5, 5.41) is 3.47. The first-order valence-corrected chi connectivity index (χ1v) is 12.4. The maximum atomic E-state index is 13.5. The number of fused-ring (bicyclic) bond motifs is 3. The summed E-state index contributed by atoms with van der Waals surface area (Å²) in [5.41, 5.74) is 2.94. The van der Waals surface area contributed by atoms with Gasteiger partial charge in [0.2, 0.25) is 11.8 Å². The van der Waals surface area contributed by atoms with E-state index in [9.17, 15) is 14.4 Å². The molecule has 178 valence electrons. The number of nitrogens with zero attached hydrogens (tertiary/aromatic N) is 3. The quantitative estimate of drug-likeness (QED) is 0.709. The van der Waals surface area contributed by atoms with Gasteiger partial charge in [-0.15, -0.1) is 0 Å². The molecule has 34 heavy (non-hydrogen) atoms. The summed E-state index contributed by atoms with van der Waals surface area (Å²) in [6.45, 7) is 2.52. The molecule has 1 N–H and O–H groups in total. The Kier molecular flexibility index (Phi) is 6.46. The van der Waals surface area contributed by atoms with Crippen molar-refractivity contribution in [2.75, 3.05) is 36.0 Å². The van der Waals surface area contributed by atoms with Gasteiger partial charge in [-0.05, 0) is 61.9 Å². The highest BCUT2D eigenvalue weighted by atomic mass is 35.5. The number of hydrogen-bond acceptors (Lipinski definition) is 4. The van der Waals surface area contributed by atoms with Crippen molar-refractivity contribution in [2.45, 2.75) is 44.7 Å². The molecule has 0 saturated carbocycles. The highest BCUT2D eigenvalue weighted by Gasteiger charge is 2.40. The van der Waals surface area contributed by atoms with Gasteiger partial charge >= 0.3 is 0 Å². The number of carbonyl (C=O) groups is 3. The van der Waals surface area contributed by atoms with Gasteiger partial charge in [-0.1, -0.05) is 29.8 Å². The minimum absolute atomic E-state index is 0.0170. The zero-order chi connectivity index (χ0) is 23.7. The summed E-state index contributed by atoms with van der Waals surface area (Å²) >= 11 is 6.21. The summed E-state index contributed by atoms with van der Waals surface area (Å²) in [6, 6.07) is 12.7. The fourth-order valence-corrected chi connectivity index (χ4v) is 5.39. The number of likely N-dealkylation sites (tertiary alicyclic amines) is 1. The predicted molar refractivity (Wildman–Crippen MR) is 132 cm³/mol. The first-order chi connectivity index (χ1) is 16.5. The third-order valence-corrected chi connectivity index (χ3v) is 7.37. The molecule has 0 unspecified atom stereocenters. The third-order valence-electron chi connectivity index (χ3n) is 7.01. The molecule has 0 aliphatic carbocycles. The van der Waals surface area contributed by atoms with Crippen LogP contribution < -0.4 is 15.1 Å². The van der Waals surface area contributed by atoms with Crippen molar-refractivity contribution in [1.82, 2.24) is 10.2 Å². The first-order valence-electron chi connectivity index (χ1n) is 12.0. The molecule has 0 aromatic heterocycles. The second kappa shape index (κ2) is 9.66. The van der Waals surface area contributed by atoms with Crippen LogP contribution in [-0.2, 0) is 16.1 Å². The predicted octanol–water partition coefficient (Wildman–Crippen LogP) is 3.60. The van der Waals surface area contributed by atoms with E-state index in [1.807, 2.05) is 35.2 Å². The highest BCUT2D eigenvalue weighted by molar-refractivity contribution is 6.31. The largest absolute Gasteiger partial charge is 0.358 e. The average Bonchev–Trinajstić information content (AvgIpc) is 3.40. The number of rotatable bonds is 5. The molecule has 0 bridgehead atoms.